The molecule has 94 valence electrons. The van der Waals surface area contributed by atoms with Crippen molar-refractivity contribution in [1.29, 1.82) is 0 Å². The topological polar surface area (TPSA) is 95.1 Å². The van der Waals surface area contributed by atoms with E-state index in [2.05, 4.69) is 15.3 Å². The van der Waals surface area contributed by atoms with E-state index in [1.54, 1.807) is 25.4 Å². The standard InChI is InChI=1S/C11H11N3O3S/c1-5-3-7(8(13-5)11(16)17)14-10(15)9-6(2)12-4-18-9/h3-4,13H,1-2H3,(H,14,15)(H,16,17). The number of nitrogens with zero attached hydrogens (tertiary/aromatic N) is 1. The third-order valence-electron chi connectivity index (χ3n) is 2.37. The average molecular weight is 265 g/mol. The number of hydrogen-bond acceptors (Lipinski definition) is 4. The third-order valence-corrected chi connectivity index (χ3v) is 3.29. The van der Waals surface area contributed by atoms with Crippen molar-refractivity contribution in [1.82, 2.24) is 9.97 Å². The van der Waals surface area contributed by atoms with Gasteiger partial charge in [-0.15, -0.1) is 11.3 Å². The smallest absolute Gasteiger partial charge is 0.354 e. The molecule has 0 radical (unpaired) electrons. The molecule has 0 aliphatic heterocycles. The van der Waals surface area contributed by atoms with Gasteiger partial charge in [0.1, 0.15) is 10.6 Å². The first-order valence-corrected chi connectivity index (χ1v) is 6.01. The van der Waals surface area contributed by atoms with Gasteiger partial charge in [0, 0.05) is 5.69 Å². The van der Waals surface area contributed by atoms with E-state index in [1.165, 1.54) is 11.3 Å². The zero-order valence-electron chi connectivity index (χ0n) is 9.77. The highest BCUT2D eigenvalue weighted by Crippen LogP contribution is 2.20. The Labute approximate surface area is 107 Å². The number of carboxylic acid groups (broad SMARTS) is 1. The van der Waals surface area contributed by atoms with Crippen LogP contribution in [0.4, 0.5) is 5.69 Å². The van der Waals surface area contributed by atoms with Gasteiger partial charge in [-0.3, -0.25) is 4.79 Å². The van der Waals surface area contributed by atoms with Crippen LogP contribution in [-0.2, 0) is 0 Å². The van der Waals surface area contributed by atoms with Crippen molar-refractivity contribution in [2.45, 2.75) is 13.8 Å². The molecule has 1 amide bonds. The highest BCUT2D eigenvalue weighted by molar-refractivity contribution is 7.12. The number of thiazole rings is 1. The highest BCUT2D eigenvalue weighted by atomic mass is 32.1. The number of aromatic amines is 1. The van der Waals surface area contributed by atoms with Crippen LogP contribution in [0.5, 0.6) is 0 Å². The lowest BCUT2D eigenvalue weighted by molar-refractivity contribution is 0.0692. The van der Waals surface area contributed by atoms with Crippen molar-refractivity contribution in [2.24, 2.45) is 0 Å². The summed E-state index contributed by atoms with van der Waals surface area (Å²) in [6.45, 7) is 3.45. The summed E-state index contributed by atoms with van der Waals surface area (Å²) >= 11 is 1.22. The summed E-state index contributed by atoms with van der Waals surface area (Å²) in [5, 5.41) is 11.6. The van der Waals surface area contributed by atoms with E-state index in [-0.39, 0.29) is 17.3 Å². The number of carbonyl (C=O) groups is 2. The first-order chi connectivity index (χ1) is 8.49. The molecule has 0 aliphatic rings. The van der Waals surface area contributed by atoms with Crippen LogP contribution in [0.15, 0.2) is 11.6 Å². The molecule has 7 heteroatoms. The van der Waals surface area contributed by atoms with Crippen LogP contribution >= 0.6 is 11.3 Å². The molecule has 0 atom stereocenters. The number of amides is 1. The van der Waals surface area contributed by atoms with Gasteiger partial charge < -0.3 is 15.4 Å². The van der Waals surface area contributed by atoms with E-state index in [1.807, 2.05) is 0 Å². The van der Waals surface area contributed by atoms with Crippen molar-refractivity contribution in [2.75, 3.05) is 5.32 Å². The van der Waals surface area contributed by atoms with Crippen LogP contribution in [0.3, 0.4) is 0 Å². The van der Waals surface area contributed by atoms with Crippen molar-refractivity contribution >= 4 is 28.9 Å². The van der Waals surface area contributed by atoms with Gasteiger partial charge in [-0.25, -0.2) is 9.78 Å². The maximum Gasteiger partial charge on any atom is 0.354 e. The lowest BCUT2D eigenvalue weighted by atomic mass is 10.3. The maximum atomic E-state index is 11.9. The van der Waals surface area contributed by atoms with Gasteiger partial charge in [-0.05, 0) is 19.9 Å². The van der Waals surface area contributed by atoms with Crippen molar-refractivity contribution in [3.63, 3.8) is 0 Å². The average Bonchev–Trinajstić information content (AvgIpc) is 2.84. The minimum atomic E-state index is -1.11. The molecule has 0 saturated heterocycles. The SMILES string of the molecule is Cc1cc(NC(=O)c2scnc2C)c(C(=O)O)[nH]1. The molecule has 2 aromatic heterocycles. The zero-order valence-corrected chi connectivity index (χ0v) is 10.6. The van der Waals surface area contributed by atoms with Crippen LogP contribution in [-0.4, -0.2) is 27.0 Å². The Hall–Kier alpha value is -2.15. The van der Waals surface area contributed by atoms with Gasteiger partial charge in [0.15, 0.2) is 0 Å². The lowest BCUT2D eigenvalue weighted by Crippen LogP contribution is -2.13. The van der Waals surface area contributed by atoms with Crippen LogP contribution in [0.1, 0.15) is 31.5 Å². The second kappa shape index (κ2) is 4.61. The quantitative estimate of drug-likeness (QED) is 0.791. The summed E-state index contributed by atoms with van der Waals surface area (Å²) < 4.78 is 0. The molecule has 0 unspecified atom stereocenters. The fourth-order valence-electron chi connectivity index (χ4n) is 1.56. The number of aryl methyl sites for hydroxylation is 2. The molecule has 0 aromatic carbocycles. The van der Waals surface area contributed by atoms with Crippen LogP contribution in [0.2, 0.25) is 0 Å². The van der Waals surface area contributed by atoms with Gasteiger partial charge in [-0.1, -0.05) is 0 Å². The summed E-state index contributed by atoms with van der Waals surface area (Å²) in [7, 11) is 0. The van der Waals surface area contributed by atoms with Gasteiger partial charge in [-0.2, -0.15) is 0 Å². The van der Waals surface area contributed by atoms with Gasteiger partial charge in [0.25, 0.3) is 5.91 Å². The second-order valence-electron chi connectivity index (χ2n) is 3.77. The Morgan fingerprint density at radius 1 is 1.44 bits per heavy atom. The fourth-order valence-corrected chi connectivity index (χ4v) is 2.25. The summed E-state index contributed by atoms with van der Waals surface area (Å²) in [5.41, 5.74) is 3.11. The van der Waals surface area contributed by atoms with E-state index in [4.69, 9.17) is 5.11 Å². The minimum Gasteiger partial charge on any atom is -0.477 e. The van der Waals surface area contributed by atoms with E-state index >= 15 is 0 Å². The second-order valence-corrected chi connectivity index (χ2v) is 4.62. The zero-order chi connectivity index (χ0) is 13.3. The number of H-pyrrole nitrogens is 1. The number of anilines is 1. The number of aromatic nitrogens is 2. The number of carbonyl (C=O) groups excluding carboxylic acids is 1. The molecule has 0 bridgehead atoms. The Morgan fingerprint density at radius 3 is 2.72 bits per heavy atom. The lowest BCUT2D eigenvalue weighted by Gasteiger charge is -2.02. The van der Waals surface area contributed by atoms with Crippen LogP contribution in [0.25, 0.3) is 0 Å². The van der Waals surface area contributed by atoms with Crippen LogP contribution in [0, 0.1) is 13.8 Å². The third kappa shape index (κ3) is 2.25. The van der Waals surface area contributed by atoms with Crippen LogP contribution < -0.4 is 5.32 Å². The molecule has 3 N–H and O–H groups in total. The van der Waals surface area contributed by atoms with Crippen molar-refractivity contribution in [3.8, 4) is 0 Å². The number of carboxylic acids is 1. The Bertz CT molecular complexity index is 615. The molecular weight excluding hydrogens is 254 g/mol. The first-order valence-electron chi connectivity index (χ1n) is 5.13. The number of nitrogens with one attached hydrogen (secondary N) is 2. The van der Waals surface area contributed by atoms with E-state index in [9.17, 15) is 9.59 Å². The minimum absolute atomic E-state index is 0.0250. The van der Waals surface area contributed by atoms with E-state index in [0.717, 1.165) is 0 Å². The predicted octanol–water partition coefficient (Wildman–Crippen LogP) is 2.04. The molecule has 0 aliphatic carbocycles. The normalized spacial score (nSPS) is 10.3. The molecular formula is C11H11N3O3S. The van der Waals surface area contributed by atoms with Crippen molar-refractivity contribution in [3.05, 3.63) is 33.5 Å². The maximum absolute atomic E-state index is 11.9. The molecule has 6 nitrogen and oxygen atoms in total. The molecule has 0 saturated carbocycles. The van der Waals surface area contributed by atoms with Gasteiger partial charge >= 0.3 is 5.97 Å². The largest absolute Gasteiger partial charge is 0.477 e. The van der Waals surface area contributed by atoms with E-state index < -0.39 is 5.97 Å². The fraction of sp³-hybridized carbons (Fsp3) is 0.182. The molecule has 2 rings (SSSR count). The van der Waals surface area contributed by atoms with Crippen molar-refractivity contribution < 1.29 is 14.7 Å². The Morgan fingerprint density at radius 2 is 2.17 bits per heavy atom. The molecule has 0 fully saturated rings. The predicted molar refractivity (Wildman–Crippen MR) is 67.3 cm³/mol. The van der Waals surface area contributed by atoms with Gasteiger partial charge in [0.05, 0.1) is 16.9 Å². The van der Waals surface area contributed by atoms with Gasteiger partial charge in [0.2, 0.25) is 0 Å². The summed E-state index contributed by atoms with van der Waals surface area (Å²) in [6.07, 6.45) is 0. The summed E-state index contributed by atoms with van der Waals surface area (Å²) in [6, 6.07) is 1.58. The number of rotatable bonds is 3. The Kier molecular flexibility index (Phi) is 3.15. The molecule has 2 heterocycles. The number of hydrogen-bond donors (Lipinski definition) is 3. The molecule has 18 heavy (non-hydrogen) atoms. The highest BCUT2D eigenvalue weighted by Gasteiger charge is 2.18. The first kappa shape index (κ1) is 12.3. The monoisotopic (exact) mass is 265 g/mol. The molecule has 0 spiro atoms. The summed E-state index contributed by atoms with van der Waals surface area (Å²) in [4.78, 5) is 30.0. The molecule has 2 aromatic rings. The van der Waals surface area contributed by atoms with E-state index in [0.29, 0.717) is 16.3 Å². The Balaban J connectivity index is 2.27. The summed E-state index contributed by atoms with van der Waals surface area (Å²) in [5.74, 6) is -1.46. The number of aromatic carboxylic acids is 1.